The molecule has 0 radical (unpaired) electrons. The van der Waals surface area contributed by atoms with Gasteiger partial charge in [-0.15, -0.1) is 0 Å². The van der Waals surface area contributed by atoms with Crippen LogP contribution in [0.3, 0.4) is 0 Å². The van der Waals surface area contributed by atoms with Crippen LogP contribution in [0, 0.1) is 11.3 Å². The molecule has 0 aliphatic heterocycles. The first-order valence-corrected chi connectivity index (χ1v) is 3.71. The molecule has 0 heterocycles. The Morgan fingerprint density at radius 3 is 2.11 bits per heavy atom. The first kappa shape index (κ1) is 6.85. The molecule has 0 aromatic rings. The molecule has 0 bridgehead atoms. The van der Waals surface area contributed by atoms with Gasteiger partial charge in [-0.05, 0) is 31.6 Å². The average molecular weight is 124 g/mol. The van der Waals surface area contributed by atoms with Gasteiger partial charge in [0.25, 0.3) is 0 Å². The molecule has 1 saturated carbocycles. The van der Waals surface area contributed by atoms with Crippen LogP contribution >= 0.6 is 0 Å². The average Bonchev–Trinajstić information content (AvgIpc) is 2.38. The van der Waals surface area contributed by atoms with Crippen LogP contribution < -0.4 is 0 Å². The molecule has 52 valence electrons. The van der Waals surface area contributed by atoms with Crippen LogP contribution in [0.15, 0.2) is 11.6 Å². The van der Waals surface area contributed by atoms with E-state index in [4.69, 9.17) is 0 Å². The summed E-state index contributed by atoms with van der Waals surface area (Å²) < 4.78 is 0. The fraction of sp³-hybridized carbons (Fsp3) is 0.778. The van der Waals surface area contributed by atoms with Crippen LogP contribution in [0.2, 0.25) is 0 Å². The number of allylic oxidation sites excluding steroid dienone is 2. The molecule has 0 nitrogen and oxygen atoms in total. The summed E-state index contributed by atoms with van der Waals surface area (Å²) in [5.41, 5.74) is 2.19. The fourth-order valence-electron chi connectivity index (χ4n) is 1.45. The van der Waals surface area contributed by atoms with E-state index in [1.807, 2.05) is 0 Å². The van der Waals surface area contributed by atoms with Crippen LogP contribution in [-0.2, 0) is 0 Å². The Morgan fingerprint density at radius 2 is 2.00 bits per heavy atom. The zero-order chi connectivity index (χ0) is 7.07. The third-order valence-electron chi connectivity index (χ3n) is 2.52. The van der Waals surface area contributed by atoms with E-state index in [0.717, 1.165) is 5.92 Å². The highest BCUT2D eigenvalue weighted by molar-refractivity contribution is 5.16. The van der Waals surface area contributed by atoms with Gasteiger partial charge in [-0.1, -0.05) is 25.5 Å². The van der Waals surface area contributed by atoms with Gasteiger partial charge in [0.15, 0.2) is 0 Å². The second-order valence-electron chi connectivity index (χ2n) is 3.78. The monoisotopic (exact) mass is 124 g/mol. The Morgan fingerprint density at radius 1 is 1.56 bits per heavy atom. The molecule has 9 heavy (non-hydrogen) atoms. The molecule has 0 heteroatoms. The van der Waals surface area contributed by atoms with Crippen molar-refractivity contribution in [1.82, 2.24) is 0 Å². The number of hydrogen-bond acceptors (Lipinski definition) is 0. The highest BCUT2D eigenvalue weighted by Gasteiger charge is 2.45. The van der Waals surface area contributed by atoms with Gasteiger partial charge in [-0.3, -0.25) is 0 Å². The first-order valence-electron chi connectivity index (χ1n) is 3.71. The molecule has 1 rings (SSSR count). The van der Waals surface area contributed by atoms with Gasteiger partial charge < -0.3 is 0 Å². The maximum Gasteiger partial charge on any atom is -0.0149 e. The summed E-state index contributed by atoms with van der Waals surface area (Å²) in [6.45, 7) is 9.04. The molecular weight excluding hydrogens is 108 g/mol. The molecule has 0 aromatic carbocycles. The molecule has 0 aromatic heterocycles. The van der Waals surface area contributed by atoms with Gasteiger partial charge >= 0.3 is 0 Å². The van der Waals surface area contributed by atoms with Crippen molar-refractivity contribution in [3.63, 3.8) is 0 Å². The van der Waals surface area contributed by atoms with Gasteiger partial charge in [-0.25, -0.2) is 0 Å². The zero-order valence-electron chi connectivity index (χ0n) is 6.86. The minimum absolute atomic E-state index is 0.622. The summed E-state index contributed by atoms with van der Waals surface area (Å²) in [6.07, 6.45) is 3.63. The predicted octanol–water partition coefficient (Wildman–Crippen LogP) is 3.00. The Kier molecular flexibility index (Phi) is 1.42. The van der Waals surface area contributed by atoms with Crippen molar-refractivity contribution in [2.45, 2.75) is 34.1 Å². The fourth-order valence-corrected chi connectivity index (χ4v) is 1.45. The first-order chi connectivity index (χ1) is 4.08. The van der Waals surface area contributed by atoms with E-state index in [1.54, 1.807) is 5.57 Å². The molecule has 0 N–H and O–H groups in total. The van der Waals surface area contributed by atoms with Crippen molar-refractivity contribution in [3.8, 4) is 0 Å². The van der Waals surface area contributed by atoms with E-state index >= 15 is 0 Å². The molecule has 0 spiro atoms. The summed E-state index contributed by atoms with van der Waals surface area (Å²) in [4.78, 5) is 0. The van der Waals surface area contributed by atoms with Gasteiger partial charge in [-0.2, -0.15) is 0 Å². The summed E-state index contributed by atoms with van der Waals surface area (Å²) >= 11 is 0. The normalized spacial score (nSPS) is 32.4. The Hall–Kier alpha value is -0.260. The second-order valence-corrected chi connectivity index (χ2v) is 3.78. The molecule has 1 aliphatic carbocycles. The largest absolute Gasteiger partial charge is 0.0884 e. The van der Waals surface area contributed by atoms with E-state index in [2.05, 4.69) is 33.8 Å². The van der Waals surface area contributed by atoms with Crippen molar-refractivity contribution < 1.29 is 0 Å². The number of hydrogen-bond donors (Lipinski definition) is 0. The molecule has 1 fully saturated rings. The third kappa shape index (κ3) is 1.17. The van der Waals surface area contributed by atoms with Crippen LogP contribution in [0.25, 0.3) is 0 Å². The Balaban J connectivity index is 2.52. The standard InChI is InChI=1S/C9H16/c1-5-7(2)8-6-9(8,3)4/h5,8H,6H2,1-4H3. The molecule has 0 amide bonds. The Bertz CT molecular complexity index is 140. The van der Waals surface area contributed by atoms with Gasteiger partial charge in [0.05, 0.1) is 0 Å². The summed E-state index contributed by atoms with van der Waals surface area (Å²) in [5.74, 6) is 0.891. The molecule has 1 aliphatic rings. The zero-order valence-corrected chi connectivity index (χ0v) is 6.86. The lowest BCUT2D eigenvalue weighted by Crippen LogP contribution is -1.90. The minimum Gasteiger partial charge on any atom is -0.0884 e. The topological polar surface area (TPSA) is 0 Å². The minimum atomic E-state index is 0.622. The van der Waals surface area contributed by atoms with Gasteiger partial charge in [0.1, 0.15) is 0 Å². The summed E-state index contributed by atoms with van der Waals surface area (Å²) in [5, 5.41) is 0. The molecule has 1 unspecified atom stereocenters. The summed E-state index contributed by atoms with van der Waals surface area (Å²) in [6, 6.07) is 0. The highest BCUT2D eigenvalue weighted by atomic mass is 14.5. The van der Waals surface area contributed by atoms with Crippen molar-refractivity contribution in [3.05, 3.63) is 11.6 Å². The van der Waals surface area contributed by atoms with Crippen molar-refractivity contribution in [1.29, 1.82) is 0 Å². The highest BCUT2D eigenvalue weighted by Crippen LogP contribution is 2.55. The van der Waals surface area contributed by atoms with Crippen molar-refractivity contribution in [2.24, 2.45) is 11.3 Å². The lowest BCUT2D eigenvalue weighted by molar-refractivity contribution is 0.597. The maximum absolute atomic E-state index is 2.34. The SMILES string of the molecule is CC=C(C)C1CC1(C)C. The van der Waals surface area contributed by atoms with E-state index in [9.17, 15) is 0 Å². The maximum atomic E-state index is 2.34. The molecule has 1 atom stereocenters. The van der Waals surface area contributed by atoms with E-state index in [1.165, 1.54) is 6.42 Å². The lowest BCUT2D eigenvalue weighted by atomic mass is 10.0. The molecular formula is C9H16. The van der Waals surface area contributed by atoms with Crippen LogP contribution in [0.1, 0.15) is 34.1 Å². The molecule has 0 saturated heterocycles. The second kappa shape index (κ2) is 1.86. The quantitative estimate of drug-likeness (QED) is 0.471. The van der Waals surface area contributed by atoms with Crippen molar-refractivity contribution in [2.75, 3.05) is 0 Å². The lowest BCUT2D eigenvalue weighted by Gasteiger charge is -2.01. The smallest absolute Gasteiger partial charge is 0.0149 e. The van der Waals surface area contributed by atoms with Gasteiger partial charge in [0.2, 0.25) is 0 Å². The van der Waals surface area contributed by atoms with E-state index in [-0.39, 0.29) is 0 Å². The van der Waals surface area contributed by atoms with E-state index in [0.29, 0.717) is 5.41 Å². The Labute approximate surface area is 58.0 Å². The van der Waals surface area contributed by atoms with Gasteiger partial charge in [0, 0.05) is 0 Å². The predicted molar refractivity (Wildman–Crippen MR) is 41.3 cm³/mol. The van der Waals surface area contributed by atoms with E-state index < -0.39 is 0 Å². The van der Waals surface area contributed by atoms with Crippen LogP contribution in [0.5, 0.6) is 0 Å². The number of rotatable bonds is 1. The summed E-state index contributed by atoms with van der Waals surface area (Å²) in [7, 11) is 0. The van der Waals surface area contributed by atoms with Crippen LogP contribution in [0.4, 0.5) is 0 Å². The van der Waals surface area contributed by atoms with Crippen molar-refractivity contribution >= 4 is 0 Å². The third-order valence-corrected chi connectivity index (χ3v) is 2.52. The van der Waals surface area contributed by atoms with Crippen LogP contribution in [-0.4, -0.2) is 0 Å².